The van der Waals surface area contributed by atoms with Gasteiger partial charge in [-0.05, 0) is 118 Å². The highest BCUT2D eigenvalue weighted by molar-refractivity contribution is 5.58. The van der Waals surface area contributed by atoms with Gasteiger partial charge in [-0.1, -0.05) is 178 Å². The molecule has 0 nitrogen and oxygen atoms in total. The van der Waals surface area contributed by atoms with Gasteiger partial charge >= 0.3 is 0 Å². The molecule has 0 amide bonds. The fraction of sp³-hybridized carbons (Fsp3) is 0.745. The molecule has 0 aliphatic carbocycles. The molecular weight excluding hydrogens is 565 g/mol. The normalized spacial score (nSPS) is 14.6. The zero-order chi connectivity index (χ0) is 37.3. The summed E-state index contributed by atoms with van der Waals surface area (Å²) < 4.78 is 0. The van der Waals surface area contributed by atoms with Gasteiger partial charge in [0.2, 0.25) is 0 Å². The Balaban J connectivity index is 3.07. The number of hydrogen-bond acceptors (Lipinski definition) is 0. The van der Waals surface area contributed by atoms with Crippen LogP contribution in [0.4, 0.5) is 0 Å². The van der Waals surface area contributed by atoms with Gasteiger partial charge in [0.15, 0.2) is 0 Å². The van der Waals surface area contributed by atoms with Crippen LogP contribution in [0.25, 0.3) is 0 Å². The molecule has 0 atom stereocenters. The van der Waals surface area contributed by atoms with Gasteiger partial charge < -0.3 is 0 Å². The number of rotatable bonds is 4. The molecule has 0 fully saturated rings. The molecular formula is C47H80. The fourth-order valence-electron chi connectivity index (χ4n) is 8.14. The molecule has 0 heterocycles. The Hall–Kier alpha value is -1.56. The zero-order valence-corrected chi connectivity index (χ0v) is 36.3. The van der Waals surface area contributed by atoms with E-state index in [9.17, 15) is 0 Å². The van der Waals surface area contributed by atoms with E-state index >= 15 is 0 Å². The molecule has 0 saturated carbocycles. The lowest BCUT2D eigenvalue weighted by Crippen LogP contribution is -2.32. The highest BCUT2D eigenvalue weighted by atomic mass is 14.4. The lowest BCUT2D eigenvalue weighted by Gasteiger charge is -2.42. The van der Waals surface area contributed by atoms with E-state index in [0.717, 1.165) is 19.3 Å². The SMILES string of the molecule is CC(C)(C)c1cc(C(C)(C)C)c(C(C)(C)C)c(C(C)(C)C)c1CCCc1c(C(C)(C)C)cc(C(C)(C)C)c(C(C)(C)C)c1C(C)(C)C. The van der Waals surface area contributed by atoms with Crippen LogP contribution in [0.1, 0.15) is 228 Å². The van der Waals surface area contributed by atoms with Crippen LogP contribution in [-0.2, 0) is 56.2 Å². The Morgan fingerprint density at radius 1 is 0.277 bits per heavy atom. The minimum atomic E-state index is 0.0418. The predicted octanol–water partition coefficient (Wildman–Crippen LogP) is 14.2. The van der Waals surface area contributed by atoms with Gasteiger partial charge in [0.25, 0.3) is 0 Å². The third kappa shape index (κ3) is 9.37. The van der Waals surface area contributed by atoms with E-state index in [2.05, 4.69) is 178 Å². The minimum absolute atomic E-state index is 0.0418. The summed E-state index contributed by atoms with van der Waals surface area (Å²) in [7, 11) is 0. The van der Waals surface area contributed by atoms with Crippen molar-refractivity contribution in [2.45, 2.75) is 229 Å². The van der Waals surface area contributed by atoms with Crippen LogP contribution < -0.4 is 0 Å². The summed E-state index contributed by atoms with van der Waals surface area (Å²) in [6, 6.07) is 5.25. The van der Waals surface area contributed by atoms with Gasteiger partial charge in [0, 0.05) is 0 Å². The molecule has 2 aromatic carbocycles. The maximum Gasteiger partial charge on any atom is -0.0126 e. The average Bonchev–Trinajstić information content (AvgIpc) is 2.77. The smallest absolute Gasteiger partial charge is 0.0126 e. The Bertz CT molecular complexity index is 1300. The second-order valence-corrected chi connectivity index (χ2v) is 23.3. The van der Waals surface area contributed by atoms with Crippen molar-refractivity contribution in [3.8, 4) is 0 Å². The monoisotopic (exact) mass is 645 g/mol. The molecule has 0 unspecified atom stereocenters. The Kier molecular flexibility index (Phi) is 11.2. The molecule has 0 N–H and O–H groups in total. The van der Waals surface area contributed by atoms with Gasteiger partial charge in [-0.2, -0.15) is 0 Å². The van der Waals surface area contributed by atoms with Gasteiger partial charge in [0.1, 0.15) is 0 Å². The van der Waals surface area contributed by atoms with Crippen LogP contribution in [0, 0.1) is 0 Å². The van der Waals surface area contributed by atoms with E-state index in [1.807, 2.05) is 0 Å². The van der Waals surface area contributed by atoms with Crippen LogP contribution in [0.15, 0.2) is 12.1 Å². The molecule has 0 saturated heterocycles. The van der Waals surface area contributed by atoms with Crippen LogP contribution in [-0.4, -0.2) is 0 Å². The van der Waals surface area contributed by atoms with Crippen molar-refractivity contribution in [1.82, 2.24) is 0 Å². The van der Waals surface area contributed by atoms with Crippen molar-refractivity contribution in [3.63, 3.8) is 0 Å². The topological polar surface area (TPSA) is 0 Å². The molecule has 0 aromatic heterocycles. The summed E-state index contributed by atoms with van der Waals surface area (Å²) in [5.74, 6) is 0. The molecule has 0 aliphatic heterocycles. The molecule has 0 spiro atoms. The average molecular weight is 645 g/mol. The maximum atomic E-state index is 2.63. The first kappa shape index (κ1) is 41.6. The quantitative estimate of drug-likeness (QED) is 0.311. The Morgan fingerprint density at radius 3 is 0.660 bits per heavy atom. The van der Waals surface area contributed by atoms with E-state index in [1.54, 1.807) is 44.5 Å². The summed E-state index contributed by atoms with van der Waals surface area (Å²) in [4.78, 5) is 0. The Labute approximate surface area is 295 Å². The first-order valence-corrected chi connectivity index (χ1v) is 18.9. The third-order valence-corrected chi connectivity index (χ3v) is 9.96. The van der Waals surface area contributed by atoms with Crippen molar-refractivity contribution in [2.24, 2.45) is 0 Å². The lowest BCUT2D eigenvalue weighted by molar-refractivity contribution is 0.479. The second-order valence-electron chi connectivity index (χ2n) is 23.3. The first-order chi connectivity index (χ1) is 20.4. The molecule has 0 bridgehead atoms. The third-order valence-electron chi connectivity index (χ3n) is 9.96. The second kappa shape index (κ2) is 12.6. The van der Waals surface area contributed by atoms with E-state index in [4.69, 9.17) is 0 Å². The van der Waals surface area contributed by atoms with Gasteiger partial charge in [-0.3, -0.25) is 0 Å². The van der Waals surface area contributed by atoms with Crippen molar-refractivity contribution in [3.05, 3.63) is 67.8 Å². The van der Waals surface area contributed by atoms with Crippen molar-refractivity contribution in [1.29, 1.82) is 0 Å². The molecule has 0 heteroatoms. The highest BCUT2D eigenvalue weighted by Crippen LogP contribution is 2.49. The van der Waals surface area contributed by atoms with Crippen molar-refractivity contribution >= 4 is 0 Å². The van der Waals surface area contributed by atoms with Crippen molar-refractivity contribution < 1.29 is 0 Å². The maximum absolute atomic E-state index is 2.63. The summed E-state index contributed by atoms with van der Waals surface area (Å²) in [6.07, 6.45) is 3.35. The van der Waals surface area contributed by atoms with Gasteiger partial charge in [-0.15, -0.1) is 0 Å². The van der Waals surface area contributed by atoms with Crippen LogP contribution in [0.2, 0.25) is 0 Å². The first-order valence-electron chi connectivity index (χ1n) is 18.9. The van der Waals surface area contributed by atoms with Crippen molar-refractivity contribution in [2.75, 3.05) is 0 Å². The van der Waals surface area contributed by atoms with E-state index in [0.29, 0.717) is 0 Å². The van der Waals surface area contributed by atoms with Gasteiger partial charge in [-0.25, -0.2) is 0 Å². The fourth-order valence-corrected chi connectivity index (χ4v) is 8.14. The molecule has 0 aliphatic rings. The minimum Gasteiger partial charge on any atom is -0.0561 e. The summed E-state index contributed by atoms with van der Waals surface area (Å²) in [6.45, 7) is 58.4. The number of benzene rings is 2. The van der Waals surface area contributed by atoms with Gasteiger partial charge in [0.05, 0.1) is 0 Å². The summed E-state index contributed by atoms with van der Waals surface area (Å²) >= 11 is 0. The van der Waals surface area contributed by atoms with E-state index < -0.39 is 0 Å². The lowest BCUT2D eigenvalue weighted by atomic mass is 9.63. The molecule has 2 rings (SSSR count). The van der Waals surface area contributed by atoms with Crippen LogP contribution >= 0.6 is 0 Å². The zero-order valence-electron chi connectivity index (χ0n) is 36.3. The molecule has 268 valence electrons. The largest absolute Gasteiger partial charge is 0.0561 e. The number of hydrogen-bond donors (Lipinski definition) is 0. The summed E-state index contributed by atoms with van der Waals surface area (Å²) in [5.41, 5.74) is 16.2. The molecule has 0 radical (unpaired) electrons. The standard InChI is InChI=1S/C47H80/c1-40(2,3)32-28-34(42(7,8)9)38(46(19,20)21)36(44(13,14)15)30(32)26-25-27-31-33(41(4,5)6)29-35(43(10,11)12)39(47(22,23)24)37(31)45(16,17)18/h28-29H,25-27H2,1-24H3. The van der Waals surface area contributed by atoms with E-state index in [1.165, 1.54) is 11.1 Å². The highest BCUT2D eigenvalue weighted by Gasteiger charge is 2.39. The summed E-state index contributed by atoms with van der Waals surface area (Å²) in [5, 5.41) is 0. The molecule has 2 aromatic rings. The van der Waals surface area contributed by atoms with E-state index in [-0.39, 0.29) is 43.3 Å². The molecule has 47 heavy (non-hydrogen) atoms. The van der Waals surface area contributed by atoms with Crippen LogP contribution in [0.3, 0.4) is 0 Å². The predicted molar refractivity (Wildman–Crippen MR) is 215 cm³/mol. The van der Waals surface area contributed by atoms with Crippen LogP contribution in [0.5, 0.6) is 0 Å². The Morgan fingerprint density at radius 2 is 0.489 bits per heavy atom.